The molecule has 2 unspecified atom stereocenters. The van der Waals surface area contributed by atoms with E-state index in [4.69, 9.17) is 4.74 Å². The van der Waals surface area contributed by atoms with Crippen molar-refractivity contribution in [3.8, 4) is 5.75 Å². The molecule has 34 heavy (non-hydrogen) atoms. The van der Waals surface area contributed by atoms with Gasteiger partial charge in [0.25, 0.3) is 5.91 Å². The molecular weight excluding hydrogens is 449 g/mol. The summed E-state index contributed by atoms with van der Waals surface area (Å²) in [4.78, 5) is 23.8. The van der Waals surface area contributed by atoms with E-state index < -0.39 is 6.36 Å². The lowest BCUT2D eigenvalue weighted by Gasteiger charge is -2.28. The summed E-state index contributed by atoms with van der Waals surface area (Å²) in [5.74, 6) is -0.883. The number of hydrogen-bond acceptors (Lipinski definition) is 5. The number of ether oxygens (including phenoxy) is 2. The van der Waals surface area contributed by atoms with E-state index in [0.29, 0.717) is 12.2 Å². The molecule has 1 amide bonds. The van der Waals surface area contributed by atoms with Crippen LogP contribution in [0.2, 0.25) is 0 Å². The number of nitrogens with one attached hydrogen (secondary N) is 2. The van der Waals surface area contributed by atoms with Gasteiger partial charge in [-0.15, -0.1) is 13.2 Å². The summed E-state index contributed by atoms with van der Waals surface area (Å²) in [5.41, 5.74) is 2.30. The predicted octanol–water partition coefficient (Wildman–Crippen LogP) is 5.11. The van der Waals surface area contributed by atoms with Gasteiger partial charge in [-0.3, -0.25) is 9.59 Å². The number of hydrogen-bond donors (Lipinski definition) is 2. The number of likely N-dealkylation sites (N-methyl/N-ethyl adjacent to an activating group) is 1. The highest BCUT2D eigenvalue weighted by Gasteiger charge is 2.31. The number of halogens is 3. The van der Waals surface area contributed by atoms with Gasteiger partial charge >= 0.3 is 12.3 Å². The maximum absolute atomic E-state index is 12.5. The third kappa shape index (κ3) is 8.37. The highest BCUT2D eigenvalue weighted by molar-refractivity contribution is 5.94. The van der Waals surface area contributed by atoms with E-state index in [1.165, 1.54) is 12.1 Å². The number of benzene rings is 2. The number of amides is 1. The van der Waals surface area contributed by atoms with Crippen LogP contribution >= 0.6 is 0 Å². The van der Waals surface area contributed by atoms with Crippen molar-refractivity contribution >= 4 is 11.9 Å². The van der Waals surface area contributed by atoms with Crippen molar-refractivity contribution in [1.82, 2.24) is 10.6 Å². The van der Waals surface area contributed by atoms with E-state index >= 15 is 0 Å². The topological polar surface area (TPSA) is 76.7 Å². The van der Waals surface area contributed by atoms with Crippen LogP contribution in [-0.2, 0) is 9.53 Å². The van der Waals surface area contributed by atoms with E-state index in [-0.39, 0.29) is 42.6 Å². The number of esters is 1. The third-order valence-electron chi connectivity index (χ3n) is 5.31. The Labute approximate surface area is 197 Å². The molecule has 0 saturated carbocycles. The number of rotatable bonds is 12. The Morgan fingerprint density at radius 3 is 2.12 bits per heavy atom. The maximum Gasteiger partial charge on any atom is 0.573 e. The molecule has 0 aliphatic heterocycles. The first-order valence-electron chi connectivity index (χ1n) is 11.2. The lowest BCUT2D eigenvalue weighted by molar-refractivity contribution is -0.274. The Morgan fingerprint density at radius 2 is 1.59 bits per heavy atom. The highest BCUT2D eigenvalue weighted by Crippen LogP contribution is 2.35. The Hall–Kier alpha value is -3.07. The zero-order valence-electron chi connectivity index (χ0n) is 19.6. The van der Waals surface area contributed by atoms with Gasteiger partial charge in [0.2, 0.25) is 0 Å². The molecule has 186 valence electrons. The number of carbonyl (C=O) groups is 2. The zero-order valence-corrected chi connectivity index (χ0v) is 19.6. The fourth-order valence-electron chi connectivity index (χ4n) is 3.81. The van der Waals surface area contributed by atoms with Crippen molar-refractivity contribution in [3.05, 3.63) is 65.2 Å². The summed E-state index contributed by atoms with van der Waals surface area (Å²) in [6.45, 7) is 4.27. The van der Waals surface area contributed by atoms with Crippen LogP contribution in [0.5, 0.6) is 5.75 Å². The second-order valence-corrected chi connectivity index (χ2v) is 7.71. The van der Waals surface area contributed by atoms with Gasteiger partial charge in [0, 0.05) is 24.1 Å². The average Bonchev–Trinajstić information content (AvgIpc) is 2.79. The third-order valence-corrected chi connectivity index (χ3v) is 5.31. The summed E-state index contributed by atoms with van der Waals surface area (Å²) in [6.07, 6.45) is -2.90. The summed E-state index contributed by atoms with van der Waals surface area (Å²) < 4.78 is 46.2. The standard InChI is InChI=1S/C25H31F3N2O4/c1-4-6-21(23(29-3)18-11-13-20(14-12-18)34-25(26,27)28)17-7-9-19(10-8-17)24(32)30-16-15-22(31)33-5-2/h7-14,21,23,29H,4-6,15-16H2,1-3H3,(H,30,32). The van der Waals surface area contributed by atoms with Crippen molar-refractivity contribution in [2.24, 2.45) is 0 Å². The molecule has 0 heterocycles. The van der Waals surface area contributed by atoms with E-state index in [1.807, 2.05) is 12.1 Å². The average molecular weight is 481 g/mol. The summed E-state index contributed by atoms with van der Waals surface area (Å²) in [5, 5.41) is 5.97. The van der Waals surface area contributed by atoms with Gasteiger partial charge in [-0.2, -0.15) is 0 Å². The van der Waals surface area contributed by atoms with Crippen LogP contribution in [0.3, 0.4) is 0 Å². The predicted molar refractivity (Wildman–Crippen MR) is 123 cm³/mol. The smallest absolute Gasteiger partial charge is 0.466 e. The van der Waals surface area contributed by atoms with Crippen molar-refractivity contribution in [2.75, 3.05) is 20.2 Å². The molecule has 0 aliphatic rings. The normalized spacial score (nSPS) is 13.1. The van der Waals surface area contributed by atoms with Crippen LogP contribution in [0, 0.1) is 0 Å². The first-order valence-corrected chi connectivity index (χ1v) is 11.2. The van der Waals surface area contributed by atoms with Crippen LogP contribution < -0.4 is 15.4 Å². The molecule has 2 aromatic carbocycles. The molecule has 6 nitrogen and oxygen atoms in total. The molecule has 9 heteroatoms. The SMILES string of the molecule is CCCC(c1ccc(C(=O)NCCC(=O)OCC)cc1)C(NC)c1ccc(OC(F)(F)F)cc1. The molecule has 0 saturated heterocycles. The minimum atomic E-state index is -4.73. The fraction of sp³-hybridized carbons (Fsp3) is 0.440. The molecule has 2 atom stereocenters. The monoisotopic (exact) mass is 480 g/mol. The number of carbonyl (C=O) groups excluding carboxylic acids is 2. The first kappa shape index (κ1) is 27.2. The Bertz CT molecular complexity index is 915. The van der Waals surface area contributed by atoms with Gasteiger partial charge in [-0.1, -0.05) is 37.6 Å². The Kier molecular flexibility index (Phi) is 10.4. The molecule has 0 aromatic heterocycles. The molecule has 2 N–H and O–H groups in total. The summed E-state index contributed by atoms with van der Waals surface area (Å²) in [7, 11) is 1.80. The van der Waals surface area contributed by atoms with Gasteiger partial charge in [-0.05, 0) is 55.8 Å². The minimum Gasteiger partial charge on any atom is -0.466 e. The van der Waals surface area contributed by atoms with Crippen LogP contribution in [0.4, 0.5) is 13.2 Å². The van der Waals surface area contributed by atoms with E-state index in [1.54, 1.807) is 38.2 Å². The van der Waals surface area contributed by atoms with Crippen molar-refractivity contribution < 1.29 is 32.2 Å². The van der Waals surface area contributed by atoms with Crippen LogP contribution in [0.15, 0.2) is 48.5 Å². The molecule has 2 rings (SSSR count). The molecule has 0 spiro atoms. The maximum atomic E-state index is 12.5. The molecule has 0 bridgehead atoms. The van der Waals surface area contributed by atoms with Crippen molar-refractivity contribution in [3.63, 3.8) is 0 Å². The molecule has 0 fully saturated rings. The Morgan fingerprint density at radius 1 is 0.971 bits per heavy atom. The fourth-order valence-corrected chi connectivity index (χ4v) is 3.81. The largest absolute Gasteiger partial charge is 0.573 e. The van der Waals surface area contributed by atoms with Gasteiger partial charge in [0.15, 0.2) is 0 Å². The summed E-state index contributed by atoms with van der Waals surface area (Å²) in [6, 6.07) is 12.9. The molecular formula is C25H31F3N2O4. The highest BCUT2D eigenvalue weighted by atomic mass is 19.4. The van der Waals surface area contributed by atoms with Gasteiger partial charge < -0.3 is 20.1 Å². The minimum absolute atomic E-state index is 0.0327. The van der Waals surface area contributed by atoms with Gasteiger partial charge in [0.1, 0.15) is 5.75 Å². The van der Waals surface area contributed by atoms with Gasteiger partial charge in [-0.25, -0.2) is 0 Å². The molecule has 0 aliphatic carbocycles. The van der Waals surface area contributed by atoms with Crippen LogP contribution in [-0.4, -0.2) is 38.4 Å². The zero-order chi connectivity index (χ0) is 25.1. The lowest BCUT2D eigenvalue weighted by atomic mass is 9.83. The first-order chi connectivity index (χ1) is 16.2. The second-order valence-electron chi connectivity index (χ2n) is 7.71. The Balaban J connectivity index is 2.12. The van der Waals surface area contributed by atoms with Crippen molar-refractivity contribution in [2.45, 2.75) is 51.4 Å². The van der Waals surface area contributed by atoms with E-state index in [9.17, 15) is 22.8 Å². The van der Waals surface area contributed by atoms with Crippen molar-refractivity contribution in [1.29, 1.82) is 0 Å². The van der Waals surface area contributed by atoms with Crippen LogP contribution in [0.25, 0.3) is 0 Å². The van der Waals surface area contributed by atoms with E-state index in [0.717, 1.165) is 24.0 Å². The summed E-state index contributed by atoms with van der Waals surface area (Å²) >= 11 is 0. The van der Waals surface area contributed by atoms with E-state index in [2.05, 4.69) is 22.3 Å². The number of alkyl halides is 3. The van der Waals surface area contributed by atoms with Gasteiger partial charge in [0.05, 0.1) is 13.0 Å². The molecule has 2 aromatic rings. The second kappa shape index (κ2) is 13.0. The quantitative estimate of drug-likeness (QED) is 0.413. The molecule has 0 radical (unpaired) electrons. The lowest BCUT2D eigenvalue weighted by Crippen LogP contribution is -2.27. The van der Waals surface area contributed by atoms with Crippen LogP contribution in [0.1, 0.15) is 66.6 Å².